The maximum Gasteiger partial charge on any atom is 0.364 e. The Bertz CT molecular complexity index is 1410. The topological polar surface area (TPSA) is 66.4 Å². The summed E-state index contributed by atoms with van der Waals surface area (Å²) in [6.45, 7) is 0.966. The highest BCUT2D eigenvalue weighted by Gasteiger charge is 2.31. The molecule has 0 atom stereocenters. The number of aliphatic imine (C=N–C) groups is 1. The number of allylic oxidation sites excluding steroid dienone is 2. The standard InChI is InChI=1S/C26H16FNO5/c27-19-7-3-1-6-17(19)25-28-24(26(29)33-25)18-14-22(32-20-8-4-2-5-16(18)20)15-9-10-21-23(13-15)31-12-11-30-21/h1-10,13-14H,11-12H2. The van der Waals surface area contributed by atoms with E-state index >= 15 is 0 Å². The van der Waals surface area contributed by atoms with Crippen molar-refractivity contribution in [3.8, 4) is 17.2 Å². The lowest BCUT2D eigenvalue weighted by Crippen LogP contribution is -2.15. The Hall–Kier alpha value is -4.39. The smallest absolute Gasteiger partial charge is 0.364 e. The molecule has 0 bridgehead atoms. The number of fused-ring (bicyclic) bond motifs is 2. The summed E-state index contributed by atoms with van der Waals surface area (Å²) in [6, 6.07) is 18.9. The number of esters is 1. The molecule has 0 N–H and O–H groups in total. The summed E-state index contributed by atoms with van der Waals surface area (Å²) < 4.78 is 37.0. The monoisotopic (exact) mass is 441 g/mol. The molecule has 0 amide bonds. The van der Waals surface area contributed by atoms with Gasteiger partial charge in [-0.2, -0.15) is 0 Å². The fraction of sp³-hybridized carbons (Fsp3) is 0.0769. The molecule has 6 rings (SSSR count). The van der Waals surface area contributed by atoms with Gasteiger partial charge in [-0.1, -0.05) is 30.3 Å². The highest BCUT2D eigenvalue weighted by Crippen LogP contribution is 2.41. The van der Waals surface area contributed by atoms with Crippen molar-refractivity contribution < 1.29 is 28.1 Å². The Morgan fingerprint density at radius 3 is 2.39 bits per heavy atom. The van der Waals surface area contributed by atoms with Crippen LogP contribution in [0.3, 0.4) is 0 Å². The third-order valence-electron chi connectivity index (χ3n) is 5.45. The van der Waals surface area contributed by atoms with Crippen LogP contribution >= 0.6 is 0 Å². The summed E-state index contributed by atoms with van der Waals surface area (Å²) in [6.07, 6.45) is 1.73. The van der Waals surface area contributed by atoms with E-state index in [0.29, 0.717) is 47.4 Å². The van der Waals surface area contributed by atoms with Crippen LogP contribution in [0.15, 0.2) is 83.5 Å². The first kappa shape index (κ1) is 19.3. The third-order valence-corrected chi connectivity index (χ3v) is 5.45. The second kappa shape index (κ2) is 7.63. The minimum Gasteiger partial charge on any atom is -0.486 e. The number of hydrogen-bond acceptors (Lipinski definition) is 6. The van der Waals surface area contributed by atoms with Gasteiger partial charge in [-0.3, -0.25) is 0 Å². The Morgan fingerprint density at radius 2 is 1.55 bits per heavy atom. The SMILES string of the molecule is O=C1OC(c2ccccc2F)=NC1=C1C=C(c2ccc3c(c2)OCCO3)Oc2ccccc21. The van der Waals surface area contributed by atoms with E-state index in [1.54, 1.807) is 18.2 Å². The molecule has 3 aliphatic rings. The van der Waals surface area contributed by atoms with Gasteiger partial charge < -0.3 is 18.9 Å². The highest BCUT2D eigenvalue weighted by atomic mass is 19.1. The molecule has 0 fully saturated rings. The molecule has 0 aromatic heterocycles. The number of carbonyl (C=O) groups excluding carboxylic acids is 1. The zero-order valence-electron chi connectivity index (χ0n) is 17.2. The molecule has 3 aromatic rings. The minimum absolute atomic E-state index is 0.0705. The van der Waals surface area contributed by atoms with Crippen molar-refractivity contribution in [2.75, 3.05) is 13.2 Å². The normalized spacial score (nSPS) is 18.6. The first-order valence-electron chi connectivity index (χ1n) is 10.4. The van der Waals surface area contributed by atoms with Gasteiger partial charge in [0.2, 0.25) is 5.90 Å². The number of halogens is 1. The van der Waals surface area contributed by atoms with E-state index in [4.69, 9.17) is 18.9 Å². The number of hydrogen-bond donors (Lipinski definition) is 0. The van der Waals surface area contributed by atoms with Crippen molar-refractivity contribution >= 4 is 23.2 Å². The molecule has 3 aromatic carbocycles. The van der Waals surface area contributed by atoms with Crippen LogP contribution in [0, 0.1) is 5.82 Å². The average molecular weight is 441 g/mol. The number of rotatable bonds is 2. The Kier molecular flexibility index (Phi) is 4.47. The van der Waals surface area contributed by atoms with Crippen LogP contribution in [-0.2, 0) is 9.53 Å². The van der Waals surface area contributed by atoms with Crippen molar-refractivity contribution in [3.05, 3.63) is 101 Å². The van der Waals surface area contributed by atoms with E-state index in [1.165, 1.54) is 12.1 Å². The summed E-state index contributed by atoms with van der Waals surface area (Å²) in [5, 5.41) is 0. The summed E-state index contributed by atoms with van der Waals surface area (Å²) in [5.74, 6) is 1.12. The lowest BCUT2D eigenvalue weighted by atomic mass is 9.97. The lowest BCUT2D eigenvalue weighted by Gasteiger charge is -2.23. The van der Waals surface area contributed by atoms with E-state index in [2.05, 4.69) is 4.99 Å². The fourth-order valence-corrected chi connectivity index (χ4v) is 3.90. The lowest BCUT2D eigenvalue weighted by molar-refractivity contribution is -0.129. The quantitative estimate of drug-likeness (QED) is 0.424. The number of cyclic esters (lactones) is 1. The second-order valence-electron chi connectivity index (χ2n) is 7.51. The van der Waals surface area contributed by atoms with Crippen LogP contribution in [0.25, 0.3) is 11.3 Å². The van der Waals surface area contributed by atoms with E-state index in [-0.39, 0.29) is 17.2 Å². The van der Waals surface area contributed by atoms with Crippen LogP contribution in [0.1, 0.15) is 16.7 Å². The van der Waals surface area contributed by atoms with Crippen LogP contribution in [0.5, 0.6) is 17.2 Å². The van der Waals surface area contributed by atoms with Crippen molar-refractivity contribution in [1.82, 2.24) is 0 Å². The van der Waals surface area contributed by atoms with Crippen LogP contribution in [0.4, 0.5) is 4.39 Å². The van der Waals surface area contributed by atoms with Crippen molar-refractivity contribution in [2.45, 2.75) is 0 Å². The van der Waals surface area contributed by atoms with Crippen LogP contribution in [-0.4, -0.2) is 25.1 Å². The molecule has 0 unspecified atom stereocenters. The zero-order chi connectivity index (χ0) is 22.4. The maximum absolute atomic E-state index is 14.3. The van der Waals surface area contributed by atoms with Gasteiger partial charge >= 0.3 is 5.97 Å². The summed E-state index contributed by atoms with van der Waals surface area (Å²) >= 11 is 0. The van der Waals surface area contributed by atoms with Gasteiger partial charge in [-0.15, -0.1) is 0 Å². The Labute approximate surface area is 188 Å². The van der Waals surface area contributed by atoms with E-state index < -0.39 is 11.8 Å². The first-order chi connectivity index (χ1) is 16.2. The zero-order valence-corrected chi connectivity index (χ0v) is 17.2. The van der Waals surface area contributed by atoms with Gasteiger partial charge in [0.15, 0.2) is 17.2 Å². The number of carbonyl (C=O) groups is 1. The van der Waals surface area contributed by atoms with Gasteiger partial charge in [0.1, 0.15) is 30.5 Å². The molecule has 0 spiro atoms. The molecule has 7 heteroatoms. The predicted octanol–water partition coefficient (Wildman–Crippen LogP) is 4.75. The van der Waals surface area contributed by atoms with Gasteiger partial charge in [-0.25, -0.2) is 14.2 Å². The first-order valence-corrected chi connectivity index (χ1v) is 10.4. The minimum atomic E-state index is -0.655. The molecule has 3 heterocycles. The van der Waals surface area contributed by atoms with Gasteiger partial charge in [-0.05, 0) is 42.5 Å². The molecular formula is C26H16FNO5. The fourth-order valence-electron chi connectivity index (χ4n) is 3.90. The van der Waals surface area contributed by atoms with E-state index in [9.17, 15) is 9.18 Å². The Balaban J connectivity index is 1.50. The van der Waals surface area contributed by atoms with E-state index in [1.807, 2.05) is 42.5 Å². The number of para-hydroxylation sites is 1. The largest absolute Gasteiger partial charge is 0.486 e. The molecule has 0 radical (unpaired) electrons. The molecule has 0 aliphatic carbocycles. The summed E-state index contributed by atoms with van der Waals surface area (Å²) in [7, 11) is 0. The maximum atomic E-state index is 14.3. The van der Waals surface area contributed by atoms with Crippen molar-refractivity contribution in [2.24, 2.45) is 4.99 Å². The number of nitrogens with zero attached hydrogens (tertiary/aromatic N) is 1. The molecular weight excluding hydrogens is 425 g/mol. The van der Waals surface area contributed by atoms with Crippen molar-refractivity contribution in [3.63, 3.8) is 0 Å². The molecule has 0 saturated carbocycles. The predicted molar refractivity (Wildman–Crippen MR) is 118 cm³/mol. The number of ether oxygens (including phenoxy) is 4. The second-order valence-corrected chi connectivity index (χ2v) is 7.51. The van der Waals surface area contributed by atoms with Gasteiger partial charge in [0.25, 0.3) is 0 Å². The third kappa shape index (κ3) is 3.34. The molecule has 33 heavy (non-hydrogen) atoms. The molecule has 3 aliphatic heterocycles. The van der Waals surface area contributed by atoms with Crippen LogP contribution < -0.4 is 14.2 Å². The summed E-state index contributed by atoms with van der Waals surface area (Å²) in [4.78, 5) is 17.2. The van der Waals surface area contributed by atoms with Crippen LogP contribution in [0.2, 0.25) is 0 Å². The average Bonchev–Trinajstić information content (AvgIpc) is 3.24. The summed E-state index contributed by atoms with van der Waals surface area (Å²) in [5.41, 5.74) is 2.16. The van der Waals surface area contributed by atoms with Gasteiger partial charge in [0, 0.05) is 16.7 Å². The molecule has 162 valence electrons. The highest BCUT2D eigenvalue weighted by molar-refractivity contribution is 6.16. The van der Waals surface area contributed by atoms with Gasteiger partial charge in [0.05, 0.1) is 5.56 Å². The molecule has 6 nitrogen and oxygen atoms in total. The molecule has 0 saturated heterocycles. The van der Waals surface area contributed by atoms with E-state index in [0.717, 1.165) is 5.56 Å². The number of benzene rings is 3. The Morgan fingerprint density at radius 1 is 0.788 bits per heavy atom. The van der Waals surface area contributed by atoms with Crippen molar-refractivity contribution in [1.29, 1.82) is 0 Å².